The highest BCUT2D eigenvalue weighted by molar-refractivity contribution is 5.98. The van der Waals surface area contributed by atoms with E-state index in [9.17, 15) is 4.79 Å². The standard InChI is InChI=1S/C19H16N2O3/c1-2-10-23-19(22)17(12-20)11-16-7-3-4-8-18(16)24-14-15-6-5-9-21-13-15/h2-9,11,13H,1,10,14H2/b17-11-. The number of rotatable bonds is 7. The number of pyridine rings is 1. The molecule has 1 aromatic carbocycles. The molecule has 120 valence electrons. The van der Waals surface area contributed by atoms with Crippen LogP contribution < -0.4 is 4.74 Å². The Bertz CT molecular complexity index is 777. The van der Waals surface area contributed by atoms with Gasteiger partial charge in [0.25, 0.3) is 0 Å². The highest BCUT2D eigenvalue weighted by atomic mass is 16.5. The first kappa shape index (κ1) is 17.0. The Balaban J connectivity index is 2.18. The summed E-state index contributed by atoms with van der Waals surface area (Å²) in [6.07, 6.45) is 6.29. The summed E-state index contributed by atoms with van der Waals surface area (Å²) >= 11 is 0. The van der Waals surface area contributed by atoms with E-state index in [1.807, 2.05) is 24.3 Å². The van der Waals surface area contributed by atoms with Crippen LogP contribution in [0, 0.1) is 11.3 Å². The van der Waals surface area contributed by atoms with Gasteiger partial charge in [-0.1, -0.05) is 36.9 Å². The van der Waals surface area contributed by atoms with Crippen LogP contribution >= 0.6 is 0 Å². The van der Waals surface area contributed by atoms with Crippen LogP contribution in [0.1, 0.15) is 11.1 Å². The number of ether oxygens (including phenoxy) is 2. The first-order valence-corrected chi connectivity index (χ1v) is 7.25. The smallest absolute Gasteiger partial charge is 0.349 e. The van der Waals surface area contributed by atoms with Gasteiger partial charge in [-0.2, -0.15) is 5.26 Å². The number of nitrogens with zero attached hydrogens (tertiary/aromatic N) is 2. The second-order valence-corrected chi connectivity index (χ2v) is 4.74. The summed E-state index contributed by atoms with van der Waals surface area (Å²) in [5.74, 6) is -0.134. The van der Waals surface area contributed by atoms with Crippen molar-refractivity contribution in [2.75, 3.05) is 6.61 Å². The molecule has 0 aliphatic carbocycles. The van der Waals surface area contributed by atoms with Crippen molar-refractivity contribution in [1.82, 2.24) is 4.98 Å². The first-order chi connectivity index (χ1) is 11.7. The van der Waals surface area contributed by atoms with Gasteiger partial charge < -0.3 is 9.47 Å². The van der Waals surface area contributed by atoms with Crippen LogP contribution in [0.15, 0.2) is 67.0 Å². The Kier molecular flexibility index (Phi) is 6.30. The second kappa shape index (κ2) is 8.91. The number of hydrogen-bond donors (Lipinski definition) is 0. The molecule has 1 heterocycles. The molecule has 1 aromatic heterocycles. The fourth-order valence-corrected chi connectivity index (χ4v) is 1.88. The average Bonchev–Trinajstić information content (AvgIpc) is 2.64. The van der Waals surface area contributed by atoms with Gasteiger partial charge in [0.05, 0.1) is 0 Å². The fraction of sp³-hybridized carbons (Fsp3) is 0.105. The molecule has 0 aliphatic rings. The Morgan fingerprint density at radius 2 is 2.12 bits per heavy atom. The van der Waals surface area contributed by atoms with Gasteiger partial charge in [-0.05, 0) is 18.2 Å². The fourth-order valence-electron chi connectivity index (χ4n) is 1.88. The van der Waals surface area contributed by atoms with Crippen LogP contribution in [-0.2, 0) is 16.1 Å². The Hall–Kier alpha value is -3.39. The normalized spacial score (nSPS) is 10.5. The van der Waals surface area contributed by atoms with E-state index in [2.05, 4.69) is 11.6 Å². The lowest BCUT2D eigenvalue weighted by Gasteiger charge is -2.09. The minimum Gasteiger partial charge on any atom is -0.488 e. The quantitative estimate of drug-likeness (QED) is 0.339. The zero-order chi connectivity index (χ0) is 17.2. The molecule has 5 nitrogen and oxygen atoms in total. The highest BCUT2D eigenvalue weighted by Gasteiger charge is 2.11. The van der Waals surface area contributed by atoms with Crippen molar-refractivity contribution >= 4 is 12.0 Å². The summed E-state index contributed by atoms with van der Waals surface area (Å²) < 4.78 is 10.7. The minimum atomic E-state index is -0.695. The maximum Gasteiger partial charge on any atom is 0.349 e. The number of hydrogen-bond acceptors (Lipinski definition) is 5. The van der Waals surface area contributed by atoms with Gasteiger partial charge in [-0.25, -0.2) is 4.79 Å². The SMILES string of the molecule is C=CCOC(=O)/C(C#N)=C\c1ccccc1OCc1cccnc1. The summed E-state index contributed by atoms with van der Waals surface area (Å²) in [4.78, 5) is 15.8. The maximum absolute atomic E-state index is 11.8. The zero-order valence-corrected chi connectivity index (χ0v) is 13.0. The molecule has 0 bridgehead atoms. The van der Waals surface area contributed by atoms with Gasteiger partial charge in [-0.15, -0.1) is 0 Å². The van der Waals surface area contributed by atoms with E-state index in [0.717, 1.165) is 5.56 Å². The number of esters is 1. The van der Waals surface area contributed by atoms with Crippen molar-refractivity contribution in [3.05, 3.63) is 78.1 Å². The van der Waals surface area contributed by atoms with Gasteiger partial charge in [0.2, 0.25) is 0 Å². The molecule has 0 amide bonds. The topological polar surface area (TPSA) is 72.2 Å². The van der Waals surface area contributed by atoms with Gasteiger partial charge in [0.1, 0.15) is 30.6 Å². The lowest BCUT2D eigenvalue weighted by Crippen LogP contribution is -2.06. The summed E-state index contributed by atoms with van der Waals surface area (Å²) in [5.41, 5.74) is 1.44. The van der Waals surface area contributed by atoms with Crippen molar-refractivity contribution in [1.29, 1.82) is 5.26 Å². The molecule has 0 atom stereocenters. The maximum atomic E-state index is 11.8. The molecular formula is C19H16N2O3. The molecule has 0 saturated carbocycles. The molecule has 5 heteroatoms. The van der Waals surface area contributed by atoms with Crippen LogP contribution in [0.3, 0.4) is 0 Å². The van der Waals surface area contributed by atoms with Gasteiger partial charge in [0.15, 0.2) is 0 Å². The van der Waals surface area contributed by atoms with Crippen molar-refractivity contribution in [2.24, 2.45) is 0 Å². The monoisotopic (exact) mass is 320 g/mol. The number of para-hydroxylation sites is 1. The average molecular weight is 320 g/mol. The van der Waals surface area contributed by atoms with Crippen LogP contribution in [0.2, 0.25) is 0 Å². The van der Waals surface area contributed by atoms with Crippen LogP contribution in [0.4, 0.5) is 0 Å². The molecule has 0 spiro atoms. The molecular weight excluding hydrogens is 304 g/mol. The summed E-state index contributed by atoms with van der Waals surface area (Å²) in [6.45, 7) is 3.85. The molecule has 0 fully saturated rings. The Morgan fingerprint density at radius 1 is 1.29 bits per heavy atom. The van der Waals surface area contributed by atoms with Crippen LogP contribution in [0.25, 0.3) is 6.08 Å². The lowest BCUT2D eigenvalue weighted by molar-refractivity contribution is -0.137. The number of carbonyl (C=O) groups is 1. The third kappa shape index (κ3) is 4.82. The predicted octanol–water partition coefficient (Wildman–Crippen LogP) is 3.30. The van der Waals surface area contributed by atoms with Crippen LogP contribution in [0.5, 0.6) is 5.75 Å². The Morgan fingerprint density at radius 3 is 2.83 bits per heavy atom. The molecule has 0 aliphatic heterocycles. The zero-order valence-electron chi connectivity index (χ0n) is 13.0. The van der Waals surface area contributed by atoms with Gasteiger partial charge in [-0.3, -0.25) is 4.98 Å². The minimum absolute atomic E-state index is 0.0526. The summed E-state index contributed by atoms with van der Waals surface area (Å²) in [6, 6.07) is 12.7. The summed E-state index contributed by atoms with van der Waals surface area (Å²) in [5, 5.41) is 9.16. The molecule has 0 saturated heterocycles. The molecule has 0 N–H and O–H groups in total. The van der Waals surface area contributed by atoms with E-state index in [0.29, 0.717) is 17.9 Å². The number of benzene rings is 1. The van der Waals surface area contributed by atoms with E-state index < -0.39 is 5.97 Å². The van der Waals surface area contributed by atoms with Gasteiger partial charge in [0, 0.05) is 23.5 Å². The number of carbonyl (C=O) groups excluding carboxylic acids is 1. The van der Waals surface area contributed by atoms with E-state index in [1.54, 1.807) is 30.6 Å². The van der Waals surface area contributed by atoms with E-state index >= 15 is 0 Å². The largest absolute Gasteiger partial charge is 0.488 e. The third-order valence-corrected chi connectivity index (χ3v) is 3.01. The Labute approximate surface area is 140 Å². The molecule has 2 aromatic rings. The molecule has 24 heavy (non-hydrogen) atoms. The van der Waals surface area contributed by atoms with Crippen molar-refractivity contribution < 1.29 is 14.3 Å². The van der Waals surface area contributed by atoms with E-state index in [-0.39, 0.29) is 12.2 Å². The first-order valence-electron chi connectivity index (χ1n) is 7.25. The number of aromatic nitrogens is 1. The van der Waals surface area contributed by atoms with Crippen molar-refractivity contribution in [2.45, 2.75) is 6.61 Å². The molecule has 0 radical (unpaired) electrons. The number of nitriles is 1. The summed E-state index contributed by atoms with van der Waals surface area (Å²) in [7, 11) is 0. The lowest BCUT2D eigenvalue weighted by atomic mass is 10.1. The van der Waals surface area contributed by atoms with E-state index in [4.69, 9.17) is 14.7 Å². The van der Waals surface area contributed by atoms with Crippen LogP contribution in [-0.4, -0.2) is 17.6 Å². The highest BCUT2D eigenvalue weighted by Crippen LogP contribution is 2.22. The second-order valence-electron chi connectivity index (χ2n) is 4.74. The molecule has 0 unspecified atom stereocenters. The predicted molar refractivity (Wildman–Crippen MR) is 89.8 cm³/mol. The molecule has 2 rings (SSSR count). The third-order valence-electron chi connectivity index (χ3n) is 3.01. The van der Waals surface area contributed by atoms with Crippen molar-refractivity contribution in [3.63, 3.8) is 0 Å². The van der Waals surface area contributed by atoms with E-state index in [1.165, 1.54) is 12.2 Å². The van der Waals surface area contributed by atoms with Crippen molar-refractivity contribution in [3.8, 4) is 11.8 Å². The van der Waals surface area contributed by atoms with Gasteiger partial charge >= 0.3 is 5.97 Å².